The quantitative estimate of drug-likeness (QED) is 0.218. The Bertz CT molecular complexity index is 474. The second kappa shape index (κ2) is 17.2. The van der Waals surface area contributed by atoms with Gasteiger partial charge in [0.1, 0.15) is 0 Å². The minimum absolute atomic E-state index is 0.259. The Balaban J connectivity index is 0.000000401. The van der Waals surface area contributed by atoms with Crippen molar-refractivity contribution in [3.05, 3.63) is 46.6 Å². The zero-order valence-corrected chi connectivity index (χ0v) is 22.8. The molecule has 144 valence electrons. The van der Waals surface area contributed by atoms with Gasteiger partial charge in [0.05, 0.1) is 0 Å². The van der Waals surface area contributed by atoms with Crippen LogP contribution in [0.25, 0.3) is 0 Å². The molecule has 0 heterocycles. The van der Waals surface area contributed by atoms with Gasteiger partial charge in [-0.05, 0) is 12.8 Å². The van der Waals surface area contributed by atoms with E-state index in [4.69, 9.17) is 0 Å². The average molecular weight is 535 g/mol. The summed E-state index contributed by atoms with van der Waals surface area (Å²) in [6.45, 7) is 13.5. The van der Waals surface area contributed by atoms with Crippen molar-refractivity contribution in [1.82, 2.24) is 0 Å². The monoisotopic (exact) mass is 536 g/mol. The summed E-state index contributed by atoms with van der Waals surface area (Å²) in [6, 6.07) is 0. The topological polar surface area (TPSA) is 0 Å². The van der Waals surface area contributed by atoms with Crippen molar-refractivity contribution in [3.8, 4) is 0 Å². The SMILES string of the molecule is CCCCC1=CC(CC)=[C-]C1.CCCCC1=CC(CC)=[C-]C1.C[Si](C)=[Hf+2]. The van der Waals surface area contributed by atoms with E-state index in [-0.39, 0.29) is 5.49 Å². The Morgan fingerprint density at radius 1 is 0.808 bits per heavy atom. The molecule has 0 unspecified atom stereocenters. The van der Waals surface area contributed by atoms with Crippen LogP contribution in [0.1, 0.15) is 91.9 Å². The number of allylic oxidation sites excluding steroid dienone is 8. The molecular weight excluding hydrogens is 495 g/mol. The summed E-state index contributed by atoms with van der Waals surface area (Å²) >= 11 is 1.45. The standard InChI is InChI=1S/2C11H17.C2H6Si.Hf/c2*1-3-5-6-11-8-7-10(4-2)9-11;1-3-2;/h2*9H,3-6,8H2,1-2H3;1-2H3;/q2*-1;;+2. The van der Waals surface area contributed by atoms with Gasteiger partial charge in [-0.2, -0.15) is 11.1 Å². The molecule has 0 aromatic rings. The van der Waals surface area contributed by atoms with Gasteiger partial charge in [-0.15, -0.1) is 12.8 Å². The summed E-state index contributed by atoms with van der Waals surface area (Å²) in [7, 11) is 0. The fraction of sp³-hybridized carbons (Fsp3) is 0.667. The Kier molecular flexibility index (Phi) is 17.2. The molecule has 0 saturated heterocycles. The summed E-state index contributed by atoms with van der Waals surface area (Å²) in [4.78, 5) is 0. The first-order valence-electron chi connectivity index (χ1n) is 10.6. The maximum absolute atomic E-state index is 3.39. The van der Waals surface area contributed by atoms with E-state index in [1.54, 1.807) is 11.1 Å². The van der Waals surface area contributed by atoms with Crippen molar-refractivity contribution in [3.63, 3.8) is 0 Å². The Labute approximate surface area is 179 Å². The summed E-state index contributed by atoms with van der Waals surface area (Å²) in [5, 5.41) is 0. The fourth-order valence-electron chi connectivity index (χ4n) is 2.73. The molecule has 0 spiro atoms. The van der Waals surface area contributed by atoms with Gasteiger partial charge in [0.15, 0.2) is 0 Å². The summed E-state index contributed by atoms with van der Waals surface area (Å²) in [6.07, 6.45) is 23.8. The van der Waals surface area contributed by atoms with Crippen molar-refractivity contribution >= 4 is 5.49 Å². The third kappa shape index (κ3) is 14.1. The number of unbranched alkanes of at least 4 members (excludes halogenated alkanes) is 2. The second-order valence-electron chi connectivity index (χ2n) is 7.28. The van der Waals surface area contributed by atoms with E-state index in [0.29, 0.717) is 0 Å². The van der Waals surface area contributed by atoms with Gasteiger partial charge in [0, 0.05) is 0 Å². The fourth-order valence-corrected chi connectivity index (χ4v) is 2.73. The van der Waals surface area contributed by atoms with Crippen LogP contribution in [0, 0.1) is 12.2 Å². The van der Waals surface area contributed by atoms with Crippen LogP contribution in [0.5, 0.6) is 0 Å². The summed E-state index contributed by atoms with van der Waals surface area (Å²) in [5.41, 5.74) is 6.26. The summed E-state index contributed by atoms with van der Waals surface area (Å²) < 4.78 is 0. The van der Waals surface area contributed by atoms with Gasteiger partial charge in [0.25, 0.3) is 0 Å². The first-order valence-corrected chi connectivity index (χ1v) is 18.5. The molecule has 2 aliphatic carbocycles. The average Bonchev–Trinajstić information content (AvgIpc) is 3.27. The van der Waals surface area contributed by atoms with E-state index < -0.39 is 0 Å². The maximum atomic E-state index is 3.39. The molecule has 0 amide bonds. The van der Waals surface area contributed by atoms with Crippen molar-refractivity contribution in [2.75, 3.05) is 0 Å². The van der Waals surface area contributed by atoms with Crippen molar-refractivity contribution in [2.24, 2.45) is 0 Å². The second-order valence-corrected chi connectivity index (χ2v) is 20.1. The molecule has 0 radical (unpaired) electrons. The predicted molar refractivity (Wildman–Crippen MR) is 116 cm³/mol. The van der Waals surface area contributed by atoms with Gasteiger partial charge in [-0.25, -0.2) is 23.3 Å². The molecule has 0 saturated carbocycles. The van der Waals surface area contributed by atoms with Crippen LogP contribution in [0.4, 0.5) is 0 Å². The van der Waals surface area contributed by atoms with E-state index in [9.17, 15) is 0 Å². The van der Waals surface area contributed by atoms with E-state index in [2.05, 4.69) is 65.1 Å². The molecule has 0 nitrogen and oxygen atoms in total. The van der Waals surface area contributed by atoms with Crippen LogP contribution in [0.15, 0.2) is 34.4 Å². The van der Waals surface area contributed by atoms with Crippen molar-refractivity contribution in [2.45, 2.75) is 105 Å². The van der Waals surface area contributed by atoms with Gasteiger partial charge >= 0.3 is 41.6 Å². The van der Waals surface area contributed by atoms with Crippen molar-refractivity contribution < 1.29 is 23.0 Å². The van der Waals surface area contributed by atoms with Gasteiger partial charge in [-0.3, -0.25) is 12.2 Å². The van der Waals surface area contributed by atoms with Crippen LogP contribution in [0.2, 0.25) is 13.1 Å². The predicted octanol–water partition coefficient (Wildman–Crippen LogP) is 8.08. The molecule has 0 atom stereocenters. The zero-order chi connectivity index (χ0) is 19.8. The van der Waals surface area contributed by atoms with E-state index >= 15 is 0 Å². The van der Waals surface area contributed by atoms with Crippen molar-refractivity contribution in [1.29, 1.82) is 0 Å². The Morgan fingerprint density at radius 3 is 1.38 bits per heavy atom. The zero-order valence-electron chi connectivity index (χ0n) is 18.2. The first-order chi connectivity index (χ1) is 12.5. The molecule has 0 aromatic heterocycles. The van der Waals surface area contributed by atoms with Gasteiger partial charge < -0.3 is 0 Å². The molecular formula is C24H40HfSi. The normalized spacial score (nSPS) is 15.1. The molecule has 26 heavy (non-hydrogen) atoms. The third-order valence-electron chi connectivity index (χ3n) is 4.31. The molecule has 0 aliphatic heterocycles. The Morgan fingerprint density at radius 2 is 1.15 bits per heavy atom. The van der Waals surface area contributed by atoms with Crippen LogP contribution in [-0.4, -0.2) is 5.49 Å². The van der Waals surface area contributed by atoms with E-state index in [0.717, 1.165) is 25.7 Å². The molecule has 0 fully saturated rings. The molecule has 2 rings (SSSR count). The molecule has 0 aromatic carbocycles. The summed E-state index contributed by atoms with van der Waals surface area (Å²) in [5.74, 6) is 0. The first kappa shape index (κ1) is 26.0. The third-order valence-corrected chi connectivity index (χ3v) is 4.31. The Hall–Kier alpha value is 0.0470. The van der Waals surface area contributed by atoms with Crippen LogP contribution >= 0.6 is 0 Å². The van der Waals surface area contributed by atoms with E-state index in [1.807, 2.05) is 0 Å². The minimum atomic E-state index is 0.259. The van der Waals surface area contributed by atoms with Crippen LogP contribution < -0.4 is 0 Å². The number of rotatable bonds is 8. The number of hydrogen-bond acceptors (Lipinski definition) is 0. The molecule has 0 N–H and O–H groups in total. The molecule has 2 heteroatoms. The molecule has 2 aliphatic rings. The van der Waals surface area contributed by atoms with Gasteiger partial charge in [-0.1, -0.05) is 66.2 Å². The van der Waals surface area contributed by atoms with E-state index in [1.165, 1.54) is 72.7 Å². The molecule has 0 bridgehead atoms. The number of hydrogen-bond donors (Lipinski definition) is 0. The van der Waals surface area contributed by atoms with Crippen LogP contribution in [-0.2, 0) is 23.0 Å². The van der Waals surface area contributed by atoms with Crippen LogP contribution in [0.3, 0.4) is 0 Å². The van der Waals surface area contributed by atoms with Gasteiger partial charge in [0.2, 0.25) is 0 Å².